The summed E-state index contributed by atoms with van der Waals surface area (Å²) in [4.78, 5) is 29.2. The van der Waals surface area contributed by atoms with Gasteiger partial charge in [0.25, 0.3) is 0 Å². The Bertz CT molecular complexity index is 1390. The smallest absolute Gasteiger partial charge is 0.244 e. The molecule has 1 atom stereocenters. The van der Waals surface area contributed by atoms with Gasteiger partial charge in [-0.2, -0.15) is 0 Å². The van der Waals surface area contributed by atoms with E-state index in [2.05, 4.69) is 5.32 Å². The van der Waals surface area contributed by atoms with Crippen LogP contribution >= 0.6 is 11.6 Å². The van der Waals surface area contributed by atoms with Crippen molar-refractivity contribution in [1.29, 1.82) is 0 Å². The first-order chi connectivity index (χ1) is 18.2. The topological polar surface area (TPSA) is 86.8 Å². The van der Waals surface area contributed by atoms with E-state index in [0.29, 0.717) is 5.02 Å². The SMILES string of the molecule is Cc1ccc(N(CC(=O)N(Cc2ccccc2)[C@@H](Cc2ccccc2)C(=O)NC(C)(C)C)S(C)(=O)=O)cc1Cl. The first-order valence-electron chi connectivity index (χ1n) is 12.7. The van der Waals surface area contributed by atoms with Crippen molar-refractivity contribution in [2.45, 2.75) is 52.2 Å². The fourth-order valence-electron chi connectivity index (χ4n) is 4.14. The number of sulfonamides is 1. The number of aryl methyl sites for hydroxylation is 1. The Labute approximate surface area is 236 Å². The van der Waals surface area contributed by atoms with Crippen molar-refractivity contribution in [3.8, 4) is 0 Å². The van der Waals surface area contributed by atoms with E-state index in [-0.39, 0.29) is 24.6 Å². The second-order valence-corrected chi connectivity index (χ2v) is 13.0. The molecule has 0 saturated heterocycles. The molecule has 0 fully saturated rings. The Morgan fingerprint density at radius 1 is 0.923 bits per heavy atom. The van der Waals surface area contributed by atoms with Crippen molar-refractivity contribution in [2.75, 3.05) is 17.1 Å². The maximum absolute atomic E-state index is 14.0. The lowest BCUT2D eigenvalue weighted by atomic mass is 10.0. The van der Waals surface area contributed by atoms with Gasteiger partial charge in [0.15, 0.2) is 0 Å². The fraction of sp³-hybridized carbons (Fsp3) is 0.333. The molecule has 2 amide bonds. The highest BCUT2D eigenvalue weighted by Crippen LogP contribution is 2.26. The van der Waals surface area contributed by atoms with Crippen molar-refractivity contribution in [3.63, 3.8) is 0 Å². The number of halogens is 1. The number of hydrogen-bond acceptors (Lipinski definition) is 4. The molecule has 3 aromatic carbocycles. The maximum Gasteiger partial charge on any atom is 0.244 e. The average molecular weight is 570 g/mol. The van der Waals surface area contributed by atoms with Gasteiger partial charge >= 0.3 is 0 Å². The predicted octanol–water partition coefficient (Wildman–Crippen LogP) is 4.97. The largest absolute Gasteiger partial charge is 0.350 e. The molecule has 208 valence electrons. The summed E-state index contributed by atoms with van der Waals surface area (Å²) >= 11 is 6.29. The van der Waals surface area contributed by atoms with Crippen LogP contribution in [0.2, 0.25) is 5.02 Å². The summed E-state index contributed by atoms with van der Waals surface area (Å²) < 4.78 is 26.7. The minimum atomic E-state index is -3.86. The molecule has 3 rings (SSSR count). The first-order valence-corrected chi connectivity index (χ1v) is 14.9. The second-order valence-electron chi connectivity index (χ2n) is 10.7. The summed E-state index contributed by atoms with van der Waals surface area (Å²) in [5.74, 6) is -0.828. The second kappa shape index (κ2) is 12.7. The standard InChI is InChI=1S/C30H36ClN3O4S/c1-22-16-17-25(19-26(22)31)34(39(5,37)38)21-28(35)33(20-24-14-10-7-11-15-24)27(29(36)32-30(2,3)4)18-23-12-8-6-9-13-23/h6-17,19,27H,18,20-21H2,1-5H3,(H,32,36)/t27-/m0/s1. The molecule has 0 aliphatic carbocycles. The number of carbonyl (C=O) groups is 2. The van der Waals surface area contributed by atoms with E-state index >= 15 is 0 Å². The number of rotatable bonds is 10. The molecular formula is C30H36ClN3O4S. The first kappa shape index (κ1) is 30.2. The fourth-order valence-corrected chi connectivity index (χ4v) is 5.15. The third-order valence-corrected chi connectivity index (χ3v) is 7.64. The Hall–Kier alpha value is -3.36. The maximum atomic E-state index is 14.0. The summed E-state index contributed by atoms with van der Waals surface area (Å²) in [6.45, 7) is 7.08. The summed E-state index contributed by atoms with van der Waals surface area (Å²) in [5, 5.41) is 3.40. The van der Waals surface area contributed by atoms with Gasteiger partial charge in [-0.25, -0.2) is 8.42 Å². The van der Waals surface area contributed by atoms with Crippen LogP contribution in [0.4, 0.5) is 5.69 Å². The molecule has 0 heterocycles. The number of amides is 2. The highest BCUT2D eigenvalue weighted by molar-refractivity contribution is 7.92. The molecule has 9 heteroatoms. The molecule has 0 spiro atoms. The van der Waals surface area contributed by atoms with Crippen molar-refractivity contribution in [1.82, 2.24) is 10.2 Å². The number of anilines is 1. The number of nitrogens with zero attached hydrogens (tertiary/aromatic N) is 2. The van der Waals surface area contributed by atoms with E-state index in [1.165, 1.54) is 11.0 Å². The lowest BCUT2D eigenvalue weighted by Crippen LogP contribution is -2.56. The van der Waals surface area contributed by atoms with Crippen LogP contribution in [0.3, 0.4) is 0 Å². The van der Waals surface area contributed by atoms with Crippen LogP contribution in [0.1, 0.15) is 37.5 Å². The van der Waals surface area contributed by atoms with Crippen LogP contribution in [0.25, 0.3) is 0 Å². The molecule has 0 bridgehead atoms. The van der Waals surface area contributed by atoms with E-state index in [1.807, 2.05) is 88.4 Å². The summed E-state index contributed by atoms with van der Waals surface area (Å²) in [6, 6.07) is 22.7. The van der Waals surface area contributed by atoms with Gasteiger partial charge in [0.1, 0.15) is 12.6 Å². The number of benzene rings is 3. The normalized spacial score (nSPS) is 12.5. The Morgan fingerprint density at radius 2 is 1.49 bits per heavy atom. The lowest BCUT2D eigenvalue weighted by Gasteiger charge is -2.35. The van der Waals surface area contributed by atoms with Crippen LogP contribution < -0.4 is 9.62 Å². The molecular weight excluding hydrogens is 534 g/mol. The van der Waals surface area contributed by atoms with Crippen LogP contribution in [0.15, 0.2) is 78.9 Å². The molecule has 0 saturated carbocycles. The minimum absolute atomic E-state index is 0.126. The minimum Gasteiger partial charge on any atom is -0.350 e. The highest BCUT2D eigenvalue weighted by Gasteiger charge is 2.34. The van der Waals surface area contributed by atoms with Crippen molar-refractivity contribution in [2.24, 2.45) is 0 Å². The molecule has 0 aliphatic heterocycles. The molecule has 0 aromatic heterocycles. The van der Waals surface area contributed by atoms with E-state index in [0.717, 1.165) is 27.3 Å². The van der Waals surface area contributed by atoms with E-state index in [4.69, 9.17) is 11.6 Å². The van der Waals surface area contributed by atoms with Crippen LogP contribution in [0, 0.1) is 6.92 Å². The van der Waals surface area contributed by atoms with Gasteiger partial charge in [-0.15, -0.1) is 0 Å². The monoisotopic (exact) mass is 569 g/mol. The summed E-state index contributed by atoms with van der Waals surface area (Å²) in [7, 11) is -3.86. The van der Waals surface area contributed by atoms with Crippen molar-refractivity contribution in [3.05, 3.63) is 101 Å². The number of nitrogens with one attached hydrogen (secondary N) is 1. The van der Waals surface area contributed by atoms with Crippen LogP contribution in [0.5, 0.6) is 0 Å². The van der Waals surface area contributed by atoms with Crippen molar-refractivity contribution >= 4 is 39.1 Å². The van der Waals surface area contributed by atoms with Gasteiger partial charge in [-0.3, -0.25) is 13.9 Å². The Kier molecular flexibility index (Phi) is 9.80. The van der Waals surface area contributed by atoms with Crippen LogP contribution in [-0.4, -0.2) is 49.5 Å². The molecule has 1 N–H and O–H groups in total. The number of hydrogen-bond donors (Lipinski definition) is 1. The third-order valence-electron chi connectivity index (χ3n) is 6.09. The van der Waals surface area contributed by atoms with Gasteiger partial charge in [-0.05, 0) is 56.5 Å². The van der Waals surface area contributed by atoms with Crippen LogP contribution in [-0.2, 0) is 32.6 Å². The van der Waals surface area contributed by atoms with E-state index in [1.54, 1.807) is 12.1 Å². The zero-order valence-electron chi connectivity index (χ0n) is 23.0. The average Bonchev–Trinajstić information content (AvgIpc) is 2.86. The van der Waals surface area contributed by atoms with Gasteiger partial charge < -0.3 is 10.2 Å². The predicted molar refractivity (Wildman–Crippen MR) is 157 cm³/mol. The zero-order chi connectivity index (χ0) is 28.8. The summed E-state index contributed by atoms with van der Waals surface area (Å²) in [6.07, 6.45) is 1.31. The molecule has 7 nitrogen and oxygen atoms in total. The Morgan fingerprint density at radius 3 is 2.00 bits per heavy atom. The van der Waals surface area contributed by atoms with Gasteiger partial charge in [0.05, 0.1) is 11.9 Å². The van der Waals surface area contributed by atoms with Gasteiger partial charge in [0, 0.05) is 23.5 Å². The summed E-state index contributed by atoms with van der Waals surface area (Å²) in [5.41, 5.74) is 2.22. The van der Waals surface area contributed by atoms with Gasteiger partial charge in [0.2, 0.25) is 21.8 Å². The lowest BCUT2D eigenvalue weighted by molar-refractivity contribution is -0.140. The number of carbonyl (C=O) groups excluding carboxylic acids is 2. The quantitative estimate of drug-likeness (QED) is 0.373. The van der Waals surface area contributed by atoms with E-state index < -0.39 is 34.1 Å². The van der Waals surface area contributed by atoms with Gasteiger partial charge in [-0.1, -0.05) is 78.3 Å². The molecule has 3 aromatic rings. The molecule has 0 aliphatic rings. The molecule has 39 heavy (non-hydrogen) atoms. The molecule has 0 radical (unpaired) electrons. The van der Waals surface area contributed by atoms with Crippen molar-refractivity contribution < 1.29 is 18.0 Å². The molecule has 0 unspecified atom stereocenters. The third kappa shape index (κ3) is 8.83. The Balaban J connectivity index is 2.06. The highest BCUT2D eigenvalue weighted by atomic mass is 35.5. The van der Waals surface area contributed by atoms with E-state index in [9.17, 15) is 18.0 Å². The zero-order valence-corrected chi connectivity index (χ0v) is 24.6.